The normalized spacial score (nSPS) is 13.5. The number of rotatable bonds is 2. The Morgan fingerprint density at radius 2 is 1.73 bits per heavy atom. The lowest BCUT2D eigenvalue weighted by atomic mass is 10.2. The van der Waals surface area contributed by atoms with Gasteiger partial charge in [0.1, 0.15) is 0 Å². The second kappa shape index (κ2) is 3.62. The third kappa shape index (κ3) is 2.12. The number of halogens is 2. The molecular weight excluding hydrogens is 162 g/mol. The van der Waals surface area contributed by atoms with E-state index in [0.717, 1.165) is 5.56 Å². The average Bonchev–Trinajstić information content (AvgIpc) is 2.05. The average molecular weight is 172 g/mol. The first-order valence-electron chi connectivity index (χ1n) is 3.55. The number of hydrogen-bond acceptors (Lipinski definition) is 0. The molecule has 0 amide bonds. The van der Waals surface area contributed by atoms with Crippen molar-refractivity contribution >= 4 is 9.46 Å². The van der Waals surface area contributed by atoms with Gasteiger partial charge in [-0.1, -0.05) is 37.3 Å². The van der Waals surface area contributed by atoms with Crippen LogP contribution in [0.1, 0.15) is 18.0 Å². The first kappa shape index (κ1) is 8.39. The van der Waals surface area contributed by atoms with E-state index in [2.05, 4.69) is 0 Å². The van der Waals surface area contributed by atoms with Gasteiger partial charge >= 0.3 is 9.46 Å². The van der Waals surface area contributed by atoms with Gasteiger partial charge in [-0.2, -0.15) is 0 Å². The van der Waals surface area contributed by atoms with E-state index in [1.165, 1.54) is 0 Å². The maximum Gasteiger partial charge on any atom is 0.418 e. The van der Waals surface area contributed by atoms with Crippen LogP contribution in [-0.2, 0) is 0 Å². The Bertz CT molecular complexity index is 211. The molecule has 0 fully saturated rings. The van der Waals surface area contributed by atoms with Crippen molar-refractivity contribution in [3.05, 3.63) is 35.9 Å². The highest BCUT2D eigenvalue weighted by molar-refractivity contribution is 6.44. The molecule has 0 saturated heterocycles. The van der Waals surface area contributed by atoms with Crippen molar-refractivity contribution in [1.82, 2.24) is 0 Å². The Morgan fingerprint density at radius 3 is 2.18 bits per heavy atom. The molecule has 1 rings (SSSR count). The third-order valence-corrected chi connectivity index (χ3v) is 2.84. The van der Waals surface area contributed by atoms with Crippen LogP contribution in [0.2, 0.25) is 0 Å². The Morgan fingerprint density at radius 1 is 1.18 bits per heavy atom. The minimum Gasteiger partial charge on any atom is -0.274 e. The van der Waals surface area contributed by atoms with Crippen molar-refractivity contribution in [3.63, 3.8) is 0 Å². The van der Waals surface area contributed by atoms with E-state index < -0.39 is 15.0 Å². The summed E-state index contributed by atoms with van der Waals surface area (Å²) in [4.78, 5) is 0. The van der Waals surface area contributed by atoms with E-state index in [9.17, 15) is 8.22 Å². The van der Waals surface area contributed by atoms with Crippen molar-refractivity contribution in [2.45, 2.75) is 12.5 Å². The molecule has 1 aromatic rings. The third-order valence-electron chi connectivity index (χ3n) is 1.70. The Kier molecular flexibility index (Phi) is 2.76. The molecule has 1 atom stereocenters. The molecule has 0 heterocycles. The molecule has 0 N–H and O–H groups in total. The summed E-state index contributed by atoms with van der Waals surface area (Å²) in [6.45, 7) is 1.59. The van der Waals surface area contributed by atoms with Crippen LogP contribution in [0.5, 0.6) is 0 Å². The van der Waals surface area contributed by atoms with Crippen molar-refractivity contribution in [2.75, 3.05) is 0 Å². The molecule has 0 saturated carbocycles. The molecule has 0 aliphatic rings. The molecule has 0 aromatic heterocycles. The van der Waals surface area contributed by atoms with E-state index in [0.29, 0.717) is 0 Å². The summed E-state index contributed by atoms with van der Waals surface area (Å²) in [5.74, 6) is 0. The van der Waals surface area contributed by atoms with Crippen LogP contribution >= 0.6 is 0 Å². The standard InChI is InChI=1S/C8H10F2Si/c1-7(11(9)10)8-5-3-2-4-6-8/h2-7,11H,1H3. The zero-order valence-electron chi connectivity index (χ0n) is 6.30. The van der Waals surface area contributed by atoms with E-state index in [1.807, 2.05) is 6.07 Å². The van der Waals surface area contributed by atoms with Crippen LogP contribution in [0.3, 0.4) is 0 Å². The van der Waals surface area contributed by atoms with E-state index in [1.54, 1.807) is 31.2 Å². The van der Waals surface area contributed by atoms with E-state index in [4.69, 9.17) is 0 Å². The number of hydrogen-bond donors (Lipinski definition) is 0. The van der Waals surface area contributed by atoms with Gasteiger partial charge in [-0.05, 0) is 5.56 Å². The minimum atomic E-state index is -3.49. The van der Waals surface area contributed by atoms with Crippen LogP contribution in [0.4, 0.5) is 8.22 Å². The van der Waals surface area contributed by atoms with Crippen molar-refractivity contribution in [1.29, 1.82) is 0 Å². The van der Waals surface area contributed by atoms with Gasteiger partial charge in [0.15, 0.2) is 0 Å². The lowest BCUT2D eigenvalue weighted by molar-refractivity contribution is 0.625. The first-order chi connectivity index (χ1) is 5.22. The lowest BCUT2D eigenvalue weighted by Gasteiger charge is -2.07. The fourth-order valence-electron chi connectivity index (χ4n) is 0.902. The highest BCUT2D eigenvalue weighted by atomic mass is 28.4. The monoisotopic (exact) mass is 172 g/mol. The SMILES string of the molecule is CC(c1ccccc1)[SiH](F)F. The molecule has 11 heavy (non-hydrogen) atoms. The maximum atomic E-state index is 12.3. The zero-order chi connectivity index (χ0) is 8.27. The summed E-state index contributed by atoms with van der Waals surface area (Å²) >= 11 is 0. The van der Waals surface area contributed by atoms with Crippen LogP contribution < -0.4 is 0 Å². The largest absolute Gasteiger partial charge is 0.418 e. The van der Waals surface area contributed by atoms with Crippen molar-refractivity contribution < 1.29 is 8.22 Å². The summed E-state index contributed by atoms with van der Waals surface area (Å²) in [6.07, 6.45) is 0. The first-order valence-corrected chi connectivity index (χ1v) is 5.09. The summed E-state index contributed by atoms with van der Waals surface area (Å²) in [6, 6.07) is 8.93. The molecule has 60 valence electrons. The molecule has 1 unspecified atom stereocenters. The van der Waals surface area contributed by atoms with Crippen molar-refractivity contribution in [2.24, 2.45) is 0 Å². The topological polar surface area (TPSA) is 0 Å². The quantitative estimate of drug-likeness (QED) is 0.475. The van der Waals surface area contributed by atoms with Gasteiger partial charge in [0.05, 0.1) is 0 Å². The van der Waals surface area contributed by atoms with E-state index in [-0.39, 0.29) is 0 Å². The summed E-state index contributed by atoms with van der Waals surface area (Å²) in [7, 11) is -3.49. The number of benzene rings is 1. The summed E-state index contributed by atoms with van der Waals surface area (Å²) in [5.41, 5.74) is 0.241. The molecular formula is C8H10F2Si. The van der Waals surface area contributed by atoms with Crippen LogP contribution in [0.15, 0.2) is 30.3 Å². The van der Waals surface area contributed by atoms with Gasteiger partial charge in [-0.3, -0.25) is 8.22 Å². The molecule has 0 aliphatic carbocycles. The fraction of sp³-hybridized carbons (Fsp3) is 0.250. The van der Waals surface area contributed by atoms with Crippen LogP contribution in [0.25, 0.3) is 0 Å². The van der Waals surface area contributed by atoms with Gasteiger partial charge in [0.2, 0.25) is 0 Å². The predicted octanol–water partition coefficient (Wildman–Crippen LogP) is 2.49. The molecule has 1 aromatic carbocycles. The van der Waals surface area contributed by atoms with Gasteiger partial charge in [0.25, 0.3) is 0 Å². The molecule has 0 aliphatic heterocycles. The minimum absolute atomic E-state index is 0.517. The molecule has 0 bridgehead atoms. The van der Waals surface area contributed by atoms with Gasteiger partial charge < -0.3 is 0 Å². The molecule has 0 spiro atoms. The van der Waals surface area contributed by atoms with E-state index >= 15 is 0 Å². The fourth-order valence-corrected chi connectivity index (χ4v) is 1.42. The van der Waals surface area contributed by atoms with Gasteiger partial charge in [-0.25, -0.2) is 0 Å². The Hall–Kier alpha value is -0.703. The molecule has 3 heteroatoms. The lowest BCUT2D eigenvalue weighted by Crippen LogP contribution is -2.09. The van der Waals surface area contributed by atoms with Crippen LogP contribution in [0, 0.1) is 0 Å². The predicted molar refractivity (Wildman–Crippen MR) is 44.2 cm³/mol. The zero-order valence-corrected chi connectivity index (χ0v) is 7.45. The van der Waals surface area contributed by atoms with Crippen LogP contribution in [-0.4, -0.2) is 9.46 Å². The Balaban J connectivity index is 2.77. The van der Waals surface area contributed by atoms with Gasteiger partial charge in [-0.15, -0.1) is 0 Å². The Labute approximate surface area is 66.8 Å². The summed E-state index contributed by atoms with van der Waals surface area (Å²) < 4.78 is 24.5. The van der Waals surface area contributed by atoms with Gasteiger partial charge in [0, 0.05) is 5.54 Å². The highest BCUT2D eigenvalue weighted by Gasteiger charge is 2.19. The molecule has 0 nitrogen and oxygen atoms in total. The van der Waals surface area contributed by atoms with Crippen molar-refractivity contribution in [3.8, 4) is 0 Å². The highest BCUT2D eigenvalue weighted by Crippen LogP contribution is 2.18. The second-order valence-electron chi connectivity index (χ2n) is 2.53. The smallest absolute Gasteiger partial charge is 0.274 e. The molecule has 0 radical (unpaired) electrons. The second-order valence-corrected chi connectivity index (χ2v) is 4.20. The summed E-state index contributed by atoms with van der Waals surface area (Å²) in [5, 5.41) is 0. The maximum absolute atomic E-state index is 12.3.